The van der Waals surface area contributed by atoms with Gasteiger partial charge >= 0.3 is 6.09 Å². The zero-order valence-corrected chi connectivity index (χ0v) is 18.2. The lowest BCUT2D eigenvalue weighted by atomic mass is 10.0. The van der Waals surface area contributed by atoms with Crippen LogP contribution in [0.15, 0.2) is 47.5 Å². The predicted molar refractivity (Wildman–Crippen MR) is 122 cm³/mol. The molecular formula is C20H27IN4O2. The van der Waals surface area contributed by atoms with Crippen LogP contribution in [0.5, 0.6) is 0 Å². The first-order valence-electron chi connectivity index (χ1n) is 8.69. The molecule has 0 atom stereocenters. The predicted octanol–water partition coefficient (Wildman–Crippen LogP) is 4.53. The fourth-order valence-electron chi connectivity index (χ4n) is 2.61. The van der Waals surface area contributed by atoms with E-state index in [1.165, 1.54) is 18.2 Å². The number of guanidine groups is 1. The second-order valence-electron chi connectivity index (χ2n) is 5.80. The number of aliphatic imine (C=N–C) groups is 1. The zero-order valence-electron chi connectivity index (χ0n) is 15.9. The first-order valence-corrected chi connectivity index (χ1v) is 8.69. The minimum absolute atomic E-state index is 0. The first kappa shape index (κ1) is 22.8. The zero-order chi connectivity index (χ0) is 18.9. The molecule has 0 radical (unpaired) electrons. The van der Waals surface area contributed by atoms with Gasteiger partial charge in [0.1, 0.15) is 0 Å². The highest BCUT2D eigenvalue weighted by molar-refractivity contribution is 14.0. The monoisotopic (exact) mass is 482 g/mol. The summed E-state index contributed by atoms with van der Waals surface area (Å²) < 4.78 is 4.56. The Kier molecular flexibility index (Phi) is 9.63. The van der Waals surface area contributed by atoms with Crippen LogP contribution in [0.3, 0.4) is 0 Å². The van der Waals surface area contributed by atoms with Gasteiger partial charge in [0.05, 0.1) is 13.7 Å². The van der Waals surface area contributed by atoms with Crippen LogP contribution >= 0.6 is 24.0 Å². The number of carbonyl (C=O) groups excluding carboxylic acids is 1. The molecule has 0 aromatic heterocycles. The lowest BCUT2D eigenvalue weighted by Crippen LogP contribution is -2.24. The van der Waals surface area contributed by atoms with Gasteiger partial charge < -0.3 is 15.8 Å². The molecule has 0 bridgehead atoms. The third kappa shape index (κ3) is 6.74. The van der Waals surface area contributed by atoms with Crippen LogP contribution in [0.1, 0.15) is 30.5 Å². The number of carbonyl (C=O) groups is 1. The van der Waals surface area contributed by atoms with E-state index >= 15 is 0 Å². The highest BCUT2D eigenvalue weighted by Crippen LogP contribution is 2.22. The van der Waals surface area contributed by atoms with Crippen molar-refractivity contribution in [3.63, 3.8) is 0 Å². The number of nitrogens with zero attached hydrogens (tertiary/aromatic N) is 1. The molecule has 146 valence electrons. The maximum atomic E-state index is 11.2. The Hall–Kier alpha value is -2.29. The normalized spacial score (nSPS) is 10.7. The number of methoxy groups -OCH3 is 1. The molecule has 0 spiro atoms. The molecule has 1 amide bonds. The number of amides is 1. The lowest BCUT2D eigenvalue weighted by Gasteiger charge is -2.14. The van der Waals surface area contributed by atoms with E-state index in [1.807, 2.05) is 12.1 Å². The number of anilines is 2. The van der Waals surface area contributed by atoms with E-state index in [9.17, 15) is 4.79 Å². The van der Waals surface area contributed by atoms with Crippen molar-refractivity contribution in [2.75, 3.05) is 17.7 Å². The van der Waals surface area contributed by atoms with Crippen LogP contribution in [0.25, 0.3) is 0 Å². The molecule has 0 aliphatic rings. The van der Waals surface area contributed by atoms with Crippen LogP contribution in [-0.2, 0) is 24.1 Å². The van der Waals surface area contributed by atoms with E-state index < -0.39 is 6.09 Å². The molecule has 0 aliphatic heterocycles. The number of halogens is 1. The summed E-state index contributed by atoms with van der Waals surface area (Å²) in [5.41, 5.74) is 11.2. The van der Waals surface area contributed by atoms with Crippen molar-refractivity contribution in [3.05, 3.63) is 59.2 Å². The average Bonchev–Trinajstić information content (AvgIpc) is 2.67. The Morgan fingerprint density at radius 2 is 1.63 bits per heavy atom. The molecule has 0 saturated carbocycles. The van der Waals surface area contributed by atoms with Gasteiger partial charge in [-0.3, -0.25) is 5.32 Å². The van der Waals surface area contributed by atoms with Crippen LogP contribution in [0.4, 0.5) is 16.2 Å². The number of hydrogen-bond acceptors (Lipinski definition) is 3. The van der Waals surface area contributed by atoms with Crippen LogP contribution in [-0.4, -0.2) is 19.2 Å². The number of hydrogen-bond donors (Lipinski definition) is 3. The van der Waals surface area contributed by atoms with Crippen molar-refractivity contribution in [3.8, 4) is 0 Å². The standard InChI is InChI=1S/C20H26N4O2.HI/c1-4-15-7-6-8-16(5-2)18(15)24-19(21)22-13-14-9-11-17(12-10-14)23-20(25)26-3;/h6-12H,4-5,13H2,1-3H3,(H,23,25)(H3,21,22,24);1H. The molecule has 2 aromatic rings. The molecular weight excluding hydrogens is 455 g/mol. The van der Waals surface area contributed by atoms with Crippen molar-refractivity contribution in [1.82, 2.24) is 0 Å². The van der Waals surface area contributed by atoms with Crippen LogP contribution in [0, 0.1) is 0 Å². The fraction of sp³-hybridized carbons (Fsp3) is 0.300. The summed E-state index contributed by atoms with van der Waals surface area (Å²) in [7, 11) is 1.33. The van der Waals surface area contributed by atoms with E-state index in [-0.39, 0.29) is 24.0 Å². The Morgan fingerprint density at radius 1 is 1.04 bits per heavy atom. The summed E-state index contributed by atoms with van der Waals surface area (Å²) >= 11 is 0. The largest absolute Gasteiger partial charge is 0.453 e. The van der Waals surface area contributed by atoms with E-state index in [1.54, 1.807) is 12.1 Å². The summed E-state index contributed by atoms with van der Waals surface area (Å²) in [6.07, 6.45) is 1.36. The number of ether oxygens (including phenoxy) is 1. The molecule has 0 aliphatic carbocycles. The fourth-order valence-corrected chi connectivity index (χ4v) is 2.61. The highest BCUT2D eigenvalue weighted by Gasteiger charge is 2.07. The Bertz CT molecular complexity index is 754. The first-order chi connectivity index (χ1) is 12.6. The maximum absolute atomic E-state index is 11.2. The number of para-hydroxylation sites is 1. The second-order valence-corrected chi connectivity index (χ2v) is 5.80. The minimum Gasteiger partial charge on any atom is -0.453 e. The third-order valence-corrected chi connectivity index (χ3v) is 4.07. The smallest absolute Gasteiger partial charge is 0.411 e. The minimum atomic E-state index is -0.495. The van der Waals surface area contributed by atoms with Gasteiger partial charge in [-0.15, -0.1) is 24.0 Å². The van der Waals surface area contributed by atoms with Gasteiger partial charge in [-0.2, -0.15) is 0 Å². The van der Waals surface area contributed by atoms with E-state index in [4.69, 9.17) is 5.73 Å². The van der Waals surface area contributed by atoms with Gasteiger partial charge in [-0.05, 0) is 41.7 Å². The summed E-state index contributed by atoms with van der Waals surface area (Å²) in [5.74, 6) is 0.386. The molecule has 27 heavy (non-hydrogen) atoms. The van der Waals surface area contributed by atoms with Crippen molar-refractivity contribution >= 4 is 47.4 Å². The van der Waals surface area contributed by atoms with Gasteiger partial charge in [0.2, 0.25) is 0 Å². The van der Waals surface area contributed by atoms with E-state index in [0.717, 1.165) is 24.1 Å². The third-order valence-electron chi connectivity index (χ3n) is 4.07. The summed E-state index contributed by atoms with van der Waals surface area (Å²) in [4.78, 5) is 15.6. The second kappa shape index (κ2) is 11.4. The van der Waals surface area contributed by atoms with E-state index in [2.05, 4.69) is 52.4 Å². The van der Waals surface area contributed by atoms with Gasteiger partial charge in [0, 0.05) is 11.4 Å². The number of benzene rings is 2. The van der Waals surface area contributed by atoms with Gasteiger partial charge in [-0.1, -0.05) is 44.2 Å². The molecule has 2 rings (SSSR count). The van der Waals surface area contributed by atoms with Gasteiger partial charge in [-0.25, -0.2) is 9.79 Å². The molecule has 0 saturated heterocycles. The van der Waals surface area contributed by atoms with Crippen molar-refractivity contribution in [2.24, 2.45) is 10.7 Å². The van der Waals surface area contributed by atoms with Gasteiger partial charge in [0.25, 0.3) is 0 Å². The lowest BCUT2D eigenvalue weighted by molar-refractivity contribution is 0.187. The highest BCUT2D eigenvalue weighted by atomic mass is 127. The molecule has 6 nitrogen and oxygen atoms in total. The Labute approximate surface area is 177 Å². The number of nitrogens with one attached hydrogen (secondary N) is 2. The van der Waals surface area contributed by atoms with Crippen molar-refractivity contribution in [2.45, 2.75) is 33.2 Å². The average molecular weight is 482 g/mol. The van der Waals surface area contributed by atoms with Crippen molar-refractivity contribution < 1.29 is 9.53 Å². The molecule has 4 N–H and O–H groups in total. The Morgan fingerprint density at radius 3 is 2.15 bits per heavy atom. The van der Waals surface area contributed by atoms with Crippen LogP contribution < -0.4 is 16.4 Å². The number of rotatable bonds is 6. The number of nitrogens with two attached hydrogens (primary N) is 1. The molecule has 7 heteroatoms. The van der Waals surface area contributed by atoms with Crippen molar-refractivity contribution in [1.29, 1.82) is 0 Å². The maximum Gasteiger partial charge on any atom is 0.411 e. The summed E-state index contributed by atoms with van der Waals surface area (Å²) in [6, 6.07) is 13.6. The number of aryl methyl sites for hydroxylation is 2. The molecule has 2 aromatic carbocycles. The molecule has 0 unspecified atom stereocenters. The van der Waals surface area contributed by atoms with Crippen LogP contribution in [0.2, 0.25) is 0 Å². The molecule has 0 fully saturated rings. The Balaban J connectivity index is 0.00000364. The van der Waals surface area contributed by atoms with Gasteiger partial charge in [0.15, 0.2) is 5.96 Å². The van der Waals surface area contributed by atoms with E-state index in [0.29, 0.717) is 18.2 Å². The topological polar surface area (TPSA) is 88.7 Å². The summed E-state index contributed by atoms with van der Waals surface area (Å²) in [5, 5.41) is 5.86. The SMILES string of the molecule is CCc1cccc(CC)c1NC(N)=NCc1ccc(NC(=O)OC)cc1.I. The molecule has 0 heterocycles. The summed E-state index contributed by atoms with van der Waals surface area (Å²) in [6.45, 7) is 4.70. The quantitative estimate of drug-likeness (QED) is 0.321.